The summed E-state index contributed by atoms with van der Waals surface area (Å²) in [6, 6.07) is 12.2. The minimum atomic E-state index is -0.191. The summed E-state index contributed by atoms with van der Waals surface area (Å²) in [6.07, 6.45) is 5.06. The second-order valence-electron chi connectivity index (χ2n) is 8.58. The first-order valence-corrected chi connectivity index (χ1v) is 11.1. The number of methoxy groups -OCH3 is 1. The quantitative estimate of drug-likeness (QED) is 0.646. The van der Waals surface area contributed by atoms with Gasteiger partial charge in [-0.2, -0.15) is 5.10 Å². The van der Waals surface area contributed by atoms with Crippen LogP contribution in [0.1, 0.15) is 41.6 Å². The van der Waals surface area contributed by atoms with Crippen LogP contribution in [0.3, 0.4) is 0 Å². The number of carbonyl (C=O) groups excluding carboxylic acids is 2. The zero-order valence-corrected chi connectivity index (χ0v) is 18.9. The Morgan fingerprint density at radius 2 is 1.88 bits per heavy atom. The van der Waals surface area contributed by atoms with Crippen LogP contribution in [0.15, 0.2) is 48.8 Å². The summed E-state index contributed by atoms with van der Waals surface area (Å²) in [6.45, 7) is 4.05. The number of nitrogens with zero attached hydrogens (tertiary/aromatic N) is 3. The average molecular weight is 435 g/mol. The van der Waals surface area contributed by atoms with Crippen molar-refractivity contribution in [3.8, 4) is 5.75 Å². The molecule has 1 fully saturated rings. The third kappa shape index (κ3) is 4.77. The highest BCUT2D eigenvalue weighted by Gasteiger charge is 2.27. The Bertz CT molecular complexity index is 1120. The number of piperidine rings is 1. The van der Waals surface area contributed by atoms with Crippen molar-refractivity contribution in [1.82, 2.24) is 20.0 Å². The third-order valence-corrected chi connectivity index (χ3v) is 6.39. The highest BCUT2D eigenvalue weighted by atomic mass is 16.5. The average Bonchev–Trinajstić information content (AvgIpc) is 3.27. The Morgan fingerprint density at radius 1 is 1.16 bits per heavy atom. The van der Waals surface area contributed by atoms with Gasteiger partial charge in [-0.25, -0.2) is 0 Å². The molecule has 0 radical (unpaired) electrons. The molecule has 32 heavy (non-hydrogen) atoms. The van der Waals surface area contributed by atoms with E-state index in [-0.39, 0.29) is 17.7 Å². The molecule has 168 valence electrons. The lowest BCUT2D eigenvalue weighted by Gasteiger charge is -2.33. The number of hydrogen-bond donors (Lipinski definition) is 1. The van der Waals surface area contributed by atoms with Crippen LogP contribution in [0.2, 0.25) is 0 Å². The van der Waals surface area contributed by atoms with E-state index in [0.29, 0.717) is 18.0 Å². The lowest BCUT2D eigenvalue weighted by atomic mass is 9.93. The summed E-state index contributed by atoms with van der Waals surface area (Å²) < 4.78 is 6.91. The van der Waals surface area contributed by atoms with Crippen molar-refractivity contribution in [3.63, 3.8) is 0 Å². The molecule has 7 nitrogen and oxygen atoms in total. The lowest BCUT2D eigenvalue weighted by molar-refractivity contribution is -0.133. The smallest absolute Gasteiger partial charge is 0.254 e. The van der Waals surface area contributed by atoms with Crippen molar-refractivity contribution in [2.45, 2.75) is 25.7 Å². The second kappa shape index (κ2) is 9.42. The molecule has 4 rings (SSSR count). The van der Waals surface area contributed by atoms with Crippen LogP contribution in [-0.2, 0) is 11.8 Å². The van der Waals surface area contributed by atoms with Crippen LogP contribution in [-0.4, -0.2) is 53.2 Å². The summed E-state index contributed by atoms with van der Waals surface area (Å²) >= 11 is 0. The number of aryl methyl sites for hydroxylation is 1. The molecule has 0 bridgehead atoms. The van der Waals surface area contributed by atoms with Crippen molar-refractivity contribution < 1.29 is 14.3 Å². The van der Waals surface area contributed by atoms with Crippen LogP contribution in [0.25, 0.3) is 10.8 Å². The van der Waals surface area contributed by atoms with E-state index in [1.54, 1.807) is 31.2 Å². The van der Waals surface area contributed by atoms with Crippen LogP contribution >= 0.6 is 0 Å². The molecule has 2 heterocycles. The maximum atomic E-state index is 13.1. The van der Waals surface area contributed by atoms with Gasteiger partial charge in [0.2, 0.25) is 5.91 Å². The predicted molar refractivity (Wildman–Crippen MR) is 124 cm³/mol. The Labute approximate surface area is 188 Å². The highest BCUT2D eigenvalue weighted by Crippen LogP contribution is 2.27. The summed E-state index contributed by atoms with van der Waals surface area (Å²) in [5.74, 6) is 1.08. The van der Waals surface area contributed by atoms with Crippen molar-refractivity contribution >= 4 is 22.6 Å². The minimum Gasteiger partial charge on any atom is -0.497 e. The van der Waals surface area contributed by atoms with Crippen LogP contribution in [0, 0.1) is 5.92 Å². The molecule has 3 aromatic rings. The largest absolute Gasteiger partial charge is 0.497 e. The van der Waals surface area contributed by atoms with E-state index < -0.39 is 0 Å². The number of aromatic nitrogens is 2. The molecule has 1 aliphatic heterocycles. The number of ether oxygens (including phenoxy) is 1. The first-order chi connectivity index (χ1) is 15.4. The van der Waals surface area contributed by atoms with Gasteiger partial charge in [-0.3, -0.25) is 14.3 Å². The molecule has 0 spiro atoms. The molecule has 0 aliphatic carbocycles. The molecule has 0 saturated carbocycles. The maximum absolute atomic E-state index is 13.1. The van der Waals surface area contributed by atoms with Gasteiger partial charge >= 0.3 is 0 Å². The molecule has 2 aromatic carbocycles. The molecule has 2 amide bonds. The minimum absolute atomic E-state index is 0.0980. The Kier molecular flexibility index (Phi) is 6.44. The molecule has 1 N–H and O–H groups in total. The number of likely N-dealkylation sites (tertiary alicyclic amines) is 1. The van der Waals surface area contributed by atoms with Crippen molar-refractivity contribution in [2.24, 2.45) is 13.0 Å². The fourth-order valence-electron chi connectivity index (χ4n) is 4.29. The van der Waals surface area contributed by atoms with Gasteiger partial charge in [0.25, 0.3) is 5.91 Å². The number of nitrogens with one attached hydrogen (secondary N) is 1. The number of hydrogen-bond acceptors (Lipinski definition) is 4. The first-order valence-electron chi connectivity index (χ1n) is 11.1. The van der Waals surface area contributed by atoms with Gasteiger partial charge in [-0.15, -0.1) is 0 Å². The van der Waals surface area contributed by atoms with Crippen LogP contribution in [0.5, 0.6) is 5.75 Å². The van der Waals surface area contributed by atoms with E-state index in [2.05, 4.69) is 16.5 Å². The van der Waals surface area contributed by atoms with Gasteiger partial charge in [-0.1, -0.05) is 24.3 Å². The topological polar surface area (TPSA) is 76.5 Å². The van der Waals surface area contributed by atoms with E-state index in [1.165, 1.54) is 0 Å². The predicted octanol–water partition coefficient (Wildman–Crippen LogP) is 3.35. The fourth-order valence-corrected chi connectivity index (χ4v) is 4.29. The normalized spacial score (nSPS) is 15.5. The number of amides is 2. The van der Waals surface area contributed by atoms with Gasteiger partial charge in [0.1, 0.15) is 5.75 Å². The van der Waals surface area contributed by atoms with Crippen molar-refractivity contribution in [1.29, 1.82) is 0 Å². The Balaban J connectivity index is 1.30. The molecular formula is C25H30N4O3. The molecular weight excluding hydrogens is 404 g/mol. The standard InChI is InChI=1S/C25H30N4O3/c1-17(19-4-5-21-13-23(32-3)7-6-20(21)12-19)25(31)29-10-8-18(9-11-29)14-26-24(30)22-15-27-28(2)16-22/h4-7,12-13,15-18H,8-11,14H2,1-3H3,(H,26,30)/t17-/m0/s1. The number of benzene rings is 2. The third-order valence-electron chi connectivity index (χ3n) is 6.39. The lowest BCUT2D eigenvalue weighted by Crippen LogP contribution is -2.43. The summed E-state index contributed by atoms with van der Waals surface area (Å²) in [7, 11) is 3.45. The summed E-state index contributed by atoms with van der Waals surface area (Å²) in [5.41, 5.74) is 1.60. The number of carbonyl (C=O) groups is 2. The second-order valence-corrected chi connectivity index (χ2v) is 8.58. The number of fused-ring (bicyclic) bond motifs is 1. The van der Waals surface area contributed by atoms with Crippen LogP contribution in [0.4, 0.5) is 0 Å². The molecule has 0 unspecified atom stereocenters. The Hall–Kier alpha value is -3.35. The van der Waals surface area contributed by atoms with Crippen molar-refractivity contribution in [3.05, 3.63) is 59.9 Å². The molecule has 1 saturated heterocycles. The van der Waals surface area contributed by atoms with E-state index in [4.69, 9.17) is 4.74 Å². The maximum Gasteiger partial charge on any atom is 0.254 e. The van der Waals surface area contributed by atoms with E-state index >= 15 is 0 Å². The Morgan fingerprint density at radius 3 is 2.56 bits per heavy atom. The van der Waals surface area contributed by atoms with Gasteiger partial charge in [0, 0.05) is 32.9 Å². The summed E-state index contributed by atoms with van der Waals surface area (Å²) in [4.78, 5) is 27.3. The van der Waals surface area contributed by atoms with Gasteiger partial charge in [-0.05, 0) is 54.2 Å². The van der Waals surface area contributed by atoms with E-state index in [9.17, 15) is 9.59 Å². The van der Waals surface area contributed by atoms with E-state index in [0.717, 1.165) is 48.0 Å². The van der Waals surface area contributed by atoms with Gasteiger partial charge in [0.05, 0.1) is 24.8 Å². The SMILES string of the molecule is COc1ccc2cc([C@H](C)C(=O)N3CCC(CNC(=O)c4cnn(C)c4)CC3)ccc2c1. The molecule has 7 heteroatoms. The fraction of sp³-hybridized carbons (Fsp3) is 0.400. The van der Waals surface area contributed by atoms with Gasteiger partial charge < -0.3 is 15.0 Å². The van der Waals surface area contributed by atoms with Gasteiger partial charge in [0.15, 0.2) is 0 Å². The zero-order chi connectivity index (χ0) is 22.7. The molecule has 1 aliphatic rings. The monoisotopic (exact) mass is 434 g/mol. The number of rotatable bonds is 6. The molecule has 1 atom stereocenters. The highest BCUT2D eigenvalue weighted by molar-refractivity contribution is 5.93. The summed E-state index contributed by atoms with van der Waals surface area (Å²) in [5, 5.41) is 9.23. The first kappa shape index (κ1) is 21.9. The molecule has 1 aromatic heterocycles. The van der Waals surface area contributed by atoms with Crippen LogP contribution < -0.4 is 10.1 Å². The van der Waals surface area contributed by atoms with Crippen molar-refractivity contribution in [2.75, 3.05) is 26.7 Å². The zero-order valence-electron chi connectivity index (χ0n) is 18.9. The van der Waals surface area contributed by atoms with E-state index in [1.807, 2.05) is 42.2 Å².